The second kappa shape index (κ2) is 6.40. The number of para-hydroxylation sites is 1. The highest BCUT2D eigenvalue weighted by atomic mass is 19.4. The zero-order valence-corrected chi connectivity index (χ0v) is 17.0. The van der Waals surface area contributed by atoms with Crippen LogP contribution < -0.4 is 10.2 Å². The summed E-state index contributed by atoms with van der Waals surface area (Å²) < 4.78 is 54.6. The van der Waals surface area contributed by atoms with E-state index in [1.54, 1.807) is 4.90 Å². The predicted molar refractivity (Wildman–Crippen MR) is 107 cm³/mol. The summed E-state index contributed by atoms with van der Waals surface area (Å²) in [5.74, 6) is -4.50. The average molecular weight is 459 g/mol. The first-order chi connectivity index (χ1) is 15.7. The monoisotopic (exact) mass is 459 g/mol. The first kappa shape index (κ1) is 20.3. The summed E-state index contributed by atoms with van der Waals surface area (Å²) in [6, 6.07) is 7.93. The number of amides is 3. The number of carbonyl (C=O) groups excluding carboxylic acids is 3. The number of alkyl halides is 3. The number of fused-ring (bicyclic) bond motifs is 7. The van der Waals surface area contributed by atoms with Gasteiger partial charge in [0, 0.05) is 11.6 Å². The second-order valence-electron chi connectivity index (χ2n) is 8.84. The lowest BCUT2D eigenvalue weighted by atomic mass is 9.75. The molecule has 4 atom stereocenters. The van der Waals surface area contributed by atoms with Crippen molar-refractivity contribution in [3.63, 3.8) is 0 Å². The summed E-state index contributed by atoms with van der Waals surface area (Å²) in [7, 11) is 0. The van der Waals surface area contributed by atoms with E-state index in [0.717, 1.165) is 23.1 Å². The van der Waals surface area contributed by atoms with Crippen molar-refractivity contribution in [3.05, 3.63) is 59.4 Å². The molecule has 3 amide bonds. The Morgan fingerprint density at radius 2 is 1.73 bits per heavy atom. The summed E-state index contributed by atoms with van der Waals surface area (Å²) in [5, 5.41) is 2.40. The fraction of sp³-hybridized carbons (Fsp3) is 0.348. The number of nitrogens with one attached hydrogen (secondary N) is 1. The number of hydrogen-bond donors (Lipinski definition) is 1. The van der Waals surface area contributed by atoms with E-state index in [0.29, 0.717) is 19.4 Å². The maximum Gasteiger partial charge on any atom is 0.418 e. The molecule has 6 nitrogen and oxygen atoms in total. The number of rotatable bonds is 1. The van der Waals surface area contributed by atoms with Crippen LogP contribution in [0.1, 0.15) is 24.0 Å². The Labute approximate surface area is 185 Å². The number of nitrogens with zero attached hydrogens (tertiary/aromatic N) is 2. The summed E-state index contributed by atoms with van der Waals surface area (Å²) >= 11 is 0. The van der Waals surface area contributed by atoms with E-state index < -0.39 is 58.7 Å². The SMILES string of the molecule is O=C1[C@H]2[C@@H](C(=O)N1c1ccc(F)cc1)[C@]1(C(=O)Nc3c(C(F)(F)F)cccc31)N1CCC[C@@H]21. The van der Waals surface area contributed by atoms with Crippen molar-refractivity contribution in [1.29, 1.82) is 0 Å². The van der Waals surface area contributed by atoms with Crippen LogP contribution in [0.25, 0.3) is 0 Å². The van der Waals surface area contributed by atoms with Gasteiger partial charge in [0.1, 0.15) is 11.4 Å². The lowest BCUT2D eigenvalue weighted by molar-refractivity contribution is -0.137. The van der Waals surface area contributed by atoms with Gasteiger partial charge in [0.05, 0.1) is 28.8 Å². The Morgan fingerprint density at radius 3 is 2.42 bits per heavy atom. The zero-order chi connectivity index (χ0) is 23.3. The zero-order valence-electron chi connectivity index (χ0n) is 17.0. The summed E-state index contributed by atoms with van der Waals surface area (Å²) in [5.41, 5.74) is -2.81. The average Bonchev–Trinajstić information content (AvgIpc) is 3.46. The highest BCUT2D eigenvalue weighted by Gasteiger charge is 2.75. The summed E-state index contributed by atoms with van der Waals surface area (Å²) in [6.07, 6.45) is -3.52. The lowest BCUT2D eigenvalue weighted by Gasteiger charge is -2.36. The molecule has 1 spiro atoms. The van der Waals surface area contributed by atoms with E-state index in [-0.39, 0.29) is 16.9 Å². The molecule has 0 aromatic heterocycles. The predicted octanol–water partition coefficient (Wildman–Crippen LogP) is 3.28. The lowest BCUT2D eigenvalue weighted by Crippen LogP contribution is -2.54. The van der Waals surface area contributed by atoms with Crippen LogP contribution in [0.15, 0.2) is 42.5 Å². The minimum atomic E-state index is -4.71. The van der Waals surface area contributed by atoms with Crippen molar-refractivity contribution in [2.24, 2.45) is 11.8 Å². The van der Waals surface area contributed by atoms with Gasteiger partial charge in [-0.15, -0.1) is 0 Å². The number of anilines is 2. The fourth-order valence-corrected chi connectivity index (χ4v) is 6.31. The van der Waals surface area contributed by atoms with Gasteiger partial charge >= 0.3 is 6.18 Å². The minimum absolute atomic E-state index is 0.0730. The molecular formula is C23H17F4N3O3. The molecular weight excluding hydrogens is 442 g/mol. The van der Waals surface area contributed by atoms with E-state index in [4.69, 9.17) is 0 Å². The van der Waals surface area contributed by atoms with E-state index in [1.807, 2.05) is 0 Å². The van der Waals surface area contributed by atoms with Crippen LogP contribution in [0.2, 0.25) is 0 Å². The normalized spacial score (nSPS) is 30.7. The fourth-order valence-electron chi connectivity index (χ4n) is 6.31. The van der Waals surface area contributed by atoms with Crippen LogP contribution in [0.4, 0.5) is 28.9 Å². The Morgan fingerprint density at radius 1 is 1.00 bits per heavy atom. The summed E-state index contributed by atoms with van der Waals surface area (Å²) in [4.78, 5) is 43.4. The van der Waals surface area contributed by atoms with Crippen molar-refractivity contribution in [1.82, 2.24) is 4.90 Å². The van der Waals surface area contributed by atoms with Gasteiger partial charge in [-0.2, -0.15) is 13.2 Å². The third-order valence-electron chi connectivity index (χ3n) is 7.42. The van der Waals surface area contributed by atoms with Gasteiger partial charge < -0.3 is 5.32 Å². The van der Waals surface area contributed by atoms with Crippen LogP contribution in [0, 0.1) is 17.7 Å². The van der Waals surface area contributed by atoms with Crippen LogP contribution in [-0.4, -0.2) is 35.2 Å². The van der Waals surface area contributed by atoms with Gasteiger partial charge in [-0.1, -0.05) is 12.1 Å². The van der Waals surface area contributed by atoms with Crippen molar-refractivity contribution in [2.45, 2.75) is 30.6 Å². The molecule has 0 radical (unpaired) electrons. The van der Waals surface area contributed by atoms with E-state index in [2.05, 4.69) is 5.32 Å². The van der Waals surface area contributed by atoms with Gasteiger partial charge in [0.15, 0.2) is 0 Å². The number of carbonyl (C=O) groups is 3. The number of halogens is 4. The van der Waals surface area contributed by atoms with Crippen molar-refractivity contribution >= 4 is 29.1 Å². The third-order valence-corrected chi connectivity index (χ3v) is 7.42. The molecule has 3 saturated heterocycles. The van der Waals surface area contributed by atoms with Crippen molar-refractivity contribution in [3.8, 4) is 0 Å². The topological polar surface area (TPSA) is 69.7 Å². The molecule has 33 heavy (non-hydrogen) atoms. The van der Waals surface area contributed by atoms with Crippen LogP contribution in [0.5, 0.6) is 0 Å². The first-order valence-electron chi connectivity index (χ1n) is 10.6. The molecule has 1 N–H and O–H groups in total. The van der Waals surface area contributed by atoms with E-state index >= 15 is 0 Å². The van der Waals surface area contributed by atoms with Gasteiger partial charge in [-0.3, -0.25) is 19.3 Å². The Balaban J connectivity index is 1.56. The van der Waals surface area contributed by atoms with E-state index in [9.17, 15) is 31.9 Å². The van der Waals surface area contributed by atoms with Gasteiger partial charge in [-0.25, -0.2) is 9.29 Å². The number of hydrogen-bond acceptors (Lipinski definition) is 4. The molecule has 0 bridgehead atoms. The highest BCUT2D eigenvalue weighted by molar-refractivity contribution is 6.26. The van der Waals surface area contributed by atoms with Crippen LogP contribution in [0.3, 0.4) is 0 Å². The smallest absolute Gasteiger partial charge is 0.323 e. The molecule has 4 heterocycles. The molecule has 4 aliphatic heterocycles. The Hall–Kier alpha value is -3.27. The van der Waals surface area contributed by atoms with Gasteiger partial charge in [-0.05, 0) is 49.7 Å². The molecule has 0 saturated carbocycles. The molecule has 3 fully saturated rings. The maximum absolute atomic E-state index is 13.7. The molecule has 2 aromatic rings. The maximum atomic E-state index is 13.7. The first-order valence-corrected chi connectivity index (χ1v) is 10.6. The largest absolute Gasteiger partial charge is 0.418 e. The molecule has 0 unspecified atom stereocenters. The third kappa shape index (κ3) is 2.39. The molecule has 0 aliphatic carbocycles. The standard InChI is InChI=1S/C23H17F4N3O3/c24-11-6-8-12(9-7-11)30-19(31)16-15-5-2-10-29(15)22(17(16)20(30)32)13-3-1-4-14(23(25,26)27)18(13)28-21(22)33/h1,3-4,6-9,15-17H,2,5,10H2,(H,28,33)/t15-,16+,17-,22+/m0/s1. The highest BCUT2D eigenvalue weighted by Crippen LogP contribution is 2.61. The van der Waals surface area contributed by atoms with Crippen molar-refractivity contribution < 1.29 is 31.9 Å². The Kier molecular flexibility index (Phi) is 3.95. The summed E-state index contributed by atoms with van der Waals surface area (Å²) in [6.45, 7) is 0.387. The number of benzene rings is 2. The van der Waals surface area contributed by atoms with Crippen LogP contribution >= 0.6 is 0 Å². The second-order valence-corrected chi connectivity index (χ2v) is 8.84. The Bertz CT molecular complexity index is 1230. The molecule has 6 rings (SSSR count). The number of imide groups is 1. The minimum Gasteiger partial charge on any atom is -0.323 e. The molecule has 4 aliphatic rings. The van der Waals surface area contributed by atoms with Gasteiger partial charge in [0.25, 0.3) is 0 Å². The molecule has 2 aromatic carbocycles. The van der Waals surface area contributed by atoms with Crippen molar-refractivity contribution in [2.75, 3.05) is 16.8 Å². The van der Waals surface area contributed by atoms with Gasteiger partial charge in [0.2, 0.25) is 17.7 Å². The van der Waals surface area contributed by atoms with E-state index in [1.165, 1.54) is 24.3 Å². The quantitative estimate of drug-likeness (QED) is 0.525. The van der Waals surface area contributed by atoms with Crippen LogP contribution in [-0.2, 0) is 26.1 Å². The molecule has 170 valence electrons. The molecule has 10 heteroatoms.